The van der Waals surface area contributed by atoms with Gasteiger partial charge in [0.25, 0.3) is 0 Å². The van der Waals surface area contributed by atoms with E-state index in [1.165, 1.54) is 49.3 Å². The fourth-order valence-corrected chi connectivity index (χ4v) is 4.10. The van der Waals surface area contributed by atoms with Crippen molar-refractivity contribution in [3.63, 3.8) is 0 Å². The molecule has 2 aromatic carbocycles. The van der Waals surface area contributed by atoms with Crippen molar-refractivity contribution in [2.75, 3.05) is 10.6 Å². The van der Waals surface area contributed by atoms with Gasteiger partial charge in [0.2, 0.25) is 5.91 Å². The van der Waals surface area contributed by atoms with Gasteiger partial charge in [-0.05, 0) is 61.1 Å². The summed E-state index contributed by atoms with van der Waals surface area (Å²) in [6.45, 7) is 1.51. The van der Waals surface area contributed by atoms with Gasteiger partial charge in [-0.2, -0.15) is 0 Å². The molecule has 1 amide bonds. The summed E-state index contributed by atoms with van der Waals surface area (Å²) in [5.41, 5.74) is 6.82. The fraction of sp³-hybridized carbons (Fsp3) is 0.238. The molecule has 0 radical (unpaired) electrons. The van der Waals surface area contributed by atoms with Gasteiger partial charge in [-0.25, -0.2) is 4.98 Å². The number of benzene rings is 2. The summed E-state index contributed by atoms with van der Waals surface area (Å²) in [6.07, 6.45) is 4.96. The van der Waals surface area contributed by atoms with E-state index in [-0.39, 0.29) is 5.91 Å². The summed E-state index contributed by atoms with van der Waals surface area (Å²) in [4.78, 5) is 15.9. The topological polar surface area (TPSA) is 54.0 Å². The minimum absolute atomic E-state index is 0.0777. The Labute approximate surface area is 157 Å². The van der Waals surface area contributed by atoms with Crippen molar-refractivity contribution in [1.29, 1.82) is 0 Å². The van der Waals surface area contributed by atoms with Crippen LogP contribution in [0, 0.1) is 0 Å². The number of anilines is 3. The SMILES string of the molecule is CC(=O)Nc1cccc(Nc2nc(-c3ccc4c(c3)CCCC4)cs2)c1. The summed E-state index contributed by atoms with van der Waals surface area (Å²) in [5, 5.41) is 9.05. The van der Waals surface area contributed by atoms with Crippen molar-refractivity contribution >= 4 is 33.8 Å². The molecule has 0 aliphatic heterocycles. The number of fused-ring (bicyclic) bond motifs is 1. The first-order valence-corrected chi connectivity index (χ1v) is 9.78. The van der Waals surface area contributed by atoms with Gasteiger partial charge in [0.1, 0.15) is 0 Å². The molecule has 0 atom stereocenters. The number of rotatable bonds is 4. The van der Waals surface area contributed by atoms with Crippen LogP contribution in [-0.2, 0) is 17.6 Å². The molecule has 1 aliphatic carbocycles. The van der Waals surface area contributed by atoms with Crippen molar-refractivity contribution < 1.29 is 4.79 Å². The molecule has 4 nitrogen and oxygen atoms in total. The van der Waals surface area contributed by atoms with Crippen LogP contribution in [0.3, 0.4) is 0 Å². The number of amides is 1. The number of carbonyl (C=O) groups excluding carboxylic acids is 1. The predicted molar refractivity (Wildman–Crippen MR) is 108 cm³/mol. The lowest BCUT2D eigenvalue weighted by molar-refractivity contribution is -0.114. The number of aryl methyl sites for hydroxylation is 2. The molecule has 3 aromatic rings. The lowest BCUT2D eigenvalue weighted by Crippen LogP contribution is -2.05. The Morgan fingerprint density at radius 2 is 1.85 bits per heavy atom. The zero-order chi connectivity index (χ0) is 17.9. The second kappa shape index (κ2) is 7.30. The highest BCUT2D eigenvalue weighted by atomic mass is 32.1. The van der Waals surface area contributed by atoms with Crippen molar-refractivity contribution in [3.8, 4) is 11.3 Å². The van der Waals surface area contributed by atoms with E-state index in [2.05, 4.69) is 34.2 Å². The van der Waals surface area contributed by atoms with Crippen LogP contribution < -0.4 is 10.6 Å². The molecule has 1 heterocycles. The maximum Gasteiger partial charge on any atom is 0.221 e. The third kappa shape index (κ3) is 3.78. The zero-order valence-corrected chi connectivity index (χ0v) is 15.5. The highest BCUT2D eigenvalue weighted by molar-refractivity contribution is 7.14. The molecule has 0 unspecified atom stereocenters. The highest BCUT2D eigenvalue weighted by Gasteiger charge is 2.12. The van der Waals surface area contributed by atoms with Gasteiger partial charge in [0.05, 0.1) is 5.69 Å². The van der Waals surface area contributed by atoms with Crippen LogP contribution in [0.5, 0.6) is 0 Å². The molecule has 0 saturated carbocycles. The first-order valence-electron chi connectivity index (χ1n) is 8.90. The molecular weight excluding hydrogens is 342 g/mol. The zero-order valence-electron chi connectivity index (χ0n) is 14.7. The Bertz CT molecular complexity index is 948. The number of carbonyl (C=O) groups is 1. The molecule has 1 aliphatic rings. The second-order valence-electron chi connectivity index (χ2n) is 6.62. The Hall–Kier alpha value is -2.66. The number of nitrogens with zero attached hydrogens (tertiary/aromatic N) is 1. The molecule has 5 heteroatoms. The largest absolute Gasteiger partial charge is 0.331 e. The van der Waals surface area contributed by atoms with Crippen LogP contribution in [0.15, 0.2) is 47.8 Å². The van der Waals surface area contributed by atoms with Crippen LogP contribution in [0.4, 0.5) is 16.5 Å². The van der Waals surface area contributed by atoms with E-state index in [0.717, 1.165) is 22.2 Å². The van der Waals surface area contributed by atoms with E-state index in [1.807, 2.05) is 24.3 Å². The van der Waals surface area contributed by atoms with Gasteiger partial charge in [-0.15, -0.1) is 11.3 Å². The molecule has 0 fully saturated rings. The molecule has 0 spiro atoms. The van der Waals surface area contributed by atoms with Crippen LogP contribution in [0.25, 0.3) is 11.3 Å². The van der Waals surface area contributed by atoms with E-state index >= 15 is 0 Å². The van der Waals surface area contributed by atoms with Gasteiger partial charge in [-0.3, -0.25) is 4.79 Å². The van der Waals surface area contributed by atoms with Crippen molar-refractivity contribution in [2.24, 2.45) is 0 Å². The molecule has 1 aromatic heterocycles. The first kappa shape index (κ1) is 16.8. The summed E-state index contributed by atoms with van der Waals surface area (Å²) in [6, 6.07) is 14.4. The predicted octanol–water partition coefficient (Wildman–Crippen LogP) is 5.39. The molecule has 132 valence electrons. The molecule has 2 N–H and O–H groups in total. The standard InChI is InChI=1S/C21H21N3OS/c1-14(25)22-18-7-4-8-19(12-18)23-21-24-20(13-26-21)17-10-9-15-5-2-3-6-16(15)11-17/h4,7-13H,2-3,5-6H2,1H3,(H,22,25)(H,23,24). The third-order valence-electron chi connectivity index (χ3n) is 4.58. The molecule has 0 bridgehead atoms. The normalized spacial score (nSPS) is 13.1. The van der Waals surface area contributed by atoms with E-state index in [4.69, 9.17) is 4.98 Å². The van der Waals surface area contributed by atoms with Gasteiger partial charge < -0.3 is 10.6 Å². The lowest BCUT2D eigenvalue weighted by atomic mass is 9.90. The quantitative estimate of drug-likeness (QED) is 0.653. The van der Waals surface area contributed by atoms with Crippen molar-refractivity contribution in [2.45, 2.75) is 32.6 Å². The fourth-order valence-electron chi connectivity index (χ4n) is 3.36. The summed E-state index contributed by atoms with van der Waals surface area (Å²) in [7, 11) is 0. The number of hydrogen-bond acceptors (Lipinski definition) is 4. The van der Waals surface area contributed by atoms with E-state index in [0.29, 0.717) is 0 Å². The maximum atomic E-state index is 11.2. The van der Waals surface area contributed by atoms with Gasteiger partial charge in [0, 0.05) is 29.2 Å². The molecular formula is C21H21N3OS. The molecule has 0 saturated heterocycles. The third-order valence-corrected chi connectivity index (χ3v) is 5.34. The van der Waals surface area contributed by atoms with E-state index in [1.54, 1.807) is 11.3 Å². The minimum Gasteiger partial charge on any atom is -0.331 e. The average Bonchev–Trinajstić information content (AvgIpc) is 3.09. The van der Waals surface area contributed by atoms with E-state index < -0.39 is 0 Å². The van der Waals surface area contributed by atoms with Crippen molar-refractivity contribution in [1.82, 2.24) is 4.98 Å². The van der Waals surface area contributed by atoms with Crippen LogP contribution in [0.1, 0.15) is 30.9 Å². The minimum atomic E-state index is -0.0777. The average molecular weight is 363 g/mol. The Kier molecular flexibility index (Phi) is 4.71. The smallest absolute Gasteiger partial charge is 0.221 e. The van der Waals surface area contributed by atoms with Crippen LogP contribution in [-0.4, -0.2) is 10.9 Å². The number of thiazole rings is 1. The lowest BCUT2D eigenvalue weighted by Gasteiger charge is -2.16. The van der Waals surface area contributed by atoms with E-state index in [9.17, 15) is 4.79 Å². The summed E-state index contributed by atoms with van der Waals surface area (Å²) in [5.74, 6) is -0.0777. The summed E-state index contributed by atoms with van der Waals surface area (Å²) >= 11 is 1.59. The summed E-state index contributed by atoms with van der Waals surface area (Å²) < 4.78 is 0. The Morgan fingerprint density at radius 3 is 2.69 bits per heavy atom. The van der Waals surface area contributed by atoms with Crippen molar-refractivity contribution in [3.05, 3.63) is 59.0 Å². The Balaban J connectivity index is 1.52. The molecule has 4 rings (SSSR count). The number of nitrogens with one attached hydrogen (secondary N) is 2. The Morgan fingerprint density at radius 1 is 1.04 bits per heavy atom. The van der Waals surface area contributed by atoms with Gasteiger partial charge >= 0.3 is 0 Å². The van der Waals surface area contributed by atoms with Gasteiger partial charge in [0.15, 0.2) is 5.13 Å². The number of hydrogen-bond donors (Lipinski definition) is 2. The monoisotopic (exact) mass is 363 g/mol. The second-order valence-corrected chi connectivity index (χ2v) is 7.47. The van der Waals surface area contributed by atoms with Crippen LogP contribution >= 0.6 is 11.3 Å². The van der Waals surface area contributed by atoms with Gasteiger partial charge in [-0.1, -0.05) is 18.2 Å². The highest BCUT2D eigenvalue weighted by Crippen LogP contribution is 2.31. The maximum absolute atomic E-state index is 11.2. The molecule has 26 heavy (non-hydrogen) atoms. The number of aromatic nitrogens is 1. The first-order chi connectivity index (χ1) is 12.7. The van der Waals surface area contributed by atoms with Crippen LogP contribution in [0.2, 0.25) is 0 Å².